The molecule has 0 spiro atoms. The SMILES string of the molecule is [2H]C1([2H])Oc2cc3c(cc2O1)[C@@]([2H])(c1cc(OC)c(O)c(OC)c1)[C@H]1C(=O)OC[C@@H]1[C@@H]3O[C@@H]1O[C@H]2[C@@H](O[C@H](C)OC2([2H])[2H])[C@H](O)[C@H]1O. The lowest BCUT2D eigenvalue weighted by Crippen LogP contribution is -2.63. The molecule has 13 nitrogen and oxygen atoms in total. The first-order valence-electron chi connectivity index (χ1n) is 15.8. The van der Waals surface area contributed by atoms with Gasteiger partial charge >= 0.3 is 5.97 Å². The highest BCUT2D eigenvalue weighted by Gasteiger charge is 2.56. The molecule has 5 aliphatic rings. The molecule has 10 atom stereocenters. The van der Waals surface area contributed by atoms with Crippen LogP contribution in [0.1, 0.15) is 42.5 Å². The van der Waals surface area contributed by atoms with Gasteiger partial charge in [0.05, 0.1) is 42.1 Å². The molecule has 1 aliphatic carbocycles. The quantitative estimate of drug-likeness (QED) is 0.427. The number of hydrogen-bond donors (Lipinski definition) is 3. The van der Waals surface area contributed by atoms with Crippen molar-refractivity contribution in [3.63, 3.8) is 0 Å². The van der Waals surface area contributed by atoms with Crippen LogP contribution in [-0.4, -0.2) is 92.4 Å². The maximum absolute atomic E-state index is 13.5. The highest BCUT2D eigenvalue weighted by atomic mass is 16.8. The summed E-state index contributed by atoms with van der Waals surface area (Å²) in [5, 5.41) is 32.7. The number of carbonyl (C=O) groups is 1. The summed E-state index contributed by atoms with van der Waals surface area (Å²) in [7, 11) is 2.61. The first-order chi connectivity index (χ1) is 22.1. The molecule has 42 heavy (non-hydrogen) atoms. The summed E-state index contributed by atoms with van der Waals surface area (Å²) in [5.41, 5.74) is 0.436. The summed E-state index contributed by atoms with van der Waals surface area (Å²) in [6, 6.07) is 5.48. The van der Waals surface area contributed by atoms with Crippen LogP contribution in [0.3, 0.4) is 0 Å². The van der Waals surface area contributed by atoms with Gasteiger partial charge in [0.25, 0.3) is 0 Å². The summed E-state index contributed by atoms with van der Waals surface area (Å²) >= 11 is 0. The molecule has 4 aliphatic heterocycles. The van der Waals surface area contributed by atoms with Crippen LogP contribution in [0.5, 0.6) is 28.7 Å². The van der Waals surface area contributed by atoms with Crippen LogP contribution in [0.4, 0.5) is 0 Å². The number of aromatic hydroxyl groups is 1. The molecule has 4 heterocycles. The fourth-order valence-electron chi connectivity index (χ4n) is 6.16. The number of phenols is 1. The molecule has 7 rings (SSSR count). The van der Waals surface area contributed by atoms with E-state index in [4.69, 9.17) is 48.1 Å². The molecule has 3 saturated heterocycles. The molecule has 226 valence electrons. The zero-order valence-corrected chi connectivity index (χ0v) is 22.6. The van der Waals surface area contributed by atoms with Gasteiger partial charge in [0.1, 0.15) is 27.2 Å². The van der Waals surface area contributed by atoms with Gasteiger partial charge < -0.3 is 58.0 Å². The van der Waals surface area contributed by atoms with Crippen LogP contribution in [-0.2, 0) is 28.5 Å². The van der Waals surface area contributed by atoms with Crippen molar-refractivity contribution in [1.82, 2.24) is 0 Å². The van der Waals surface area contributed by atoms with Crippen molar-refractivity contribution in [3.05, 3.63) is 41.0 Å². The van der Waals surface area contributed by atoms with Crippen molar-refractivity contribution >= 4 is 5.97 Å². The lowest BCUT2D eigenvalue weighted by atomic mass is 9.66. The Bertz CT molecular complexity index is 1580. The third-order valence-corrected chi connectivity index (χ3v) is 8.13. The topological polar surface area (TPSA) is 161 Å². The average Bonchev–Trinajstić information content (AvgIpc) is 3.54. The van der Waals surface area contributed by atoms with Crippen LogP contribution in [0.25, 0.3) is 0 Å². The Hall–Kier alpha value is -3.33. The molecule has 13 heteroatoms. The van der Waals surface area contributed by atoms with E-state index < -0.39 is 80.1 Å². The number of rotatable bonds is 5. The molecule has 3 fully saturated rings. The van der Waals surface area contributed by atoms with Gasteiger partial charge in [0.2, 0.25) is 12.5 Å². The largest absolute Gasteiger partial charge is 0.502 e. The maximum atomic E-state index is 13.5. The van der Waals surface area contributed by atoms with E-state index >= 15 is 0 Å². The molecular weight excluding hydrogens is 556 g/mol. The molecule has 2 aromatic rings. The normalized spacial score (nSPS) is 42.4. The molecule has 0 bridgehead atoms. The van der Waals surface area contributed by atoms with Gasteiger partial charge in [-0.15, -0.1) is 0 Å². The maximum Gasteiger partial charge on any atom is 0.310 e. The van der Waals surface area contributed by atoms with E-state index in [-0.39, 0.29) is 52.0 Å². The van der Waals surface area contributed by atoms with E-state index in [9.17, 15) is 21.5 Å². The second-order valence-electron chi connectivity index (χ2n) is 10.5. The fourth-order valence-corrected chi connectivity index (χ4v) is 6.16. The molecule has 2 aromatic carbocycles. The van der Waals surface area contributed by atoms with Crippen molar-refractivity contribution in [2.45, 2.75) is 55.9 Å². The highest BCUT2D eigenvalue weighted by Crippen LogP contribution is 2.57. The van der Waals surface area contributed by atoms with Crippen molar-refractivity contribution in [1.29, 1.82) is 0 Å². The first kappa shape index (κ1) is 22.2. The molecule has 0 aromatic heterocycles. The van der Waals surface area contributed by atoms with E-state index in [1.165, 1.54) is 45.4 Å². The minimum absolute atomic E-state index is 0.0427. The number of ether oxygens (including phenoxy) is 9. The first-order valence-corrected chi connectivity index (χ1v) is 13.3. The Balaban J connectivity index is 1.37. The standard InChI is InChI=1S/C29H32O13/c1-11-36-9-20-27(40-11)24(31)25(32)29(41-20)42-26-14-7-17-16(38-10-39-17)6-13(14)21(22-15(26)8-37-28(22)33)12-4-18(34-2)23(30)19(5-12)35-3/h4-7,11,15,20-22,24-27,29-32H,8-10H2,1-3H3/t11-,15+,20-,21-,22+,24-,25-,26-,27-,29+/m1/s1/i9D2,10D2,21D. The van der Waals surface area contributed by atoms with Crippen molar-refractivity contribution in [3.8, 4) is 28.7 Å². The number of fused-ring (bicyclic) bond motifs is 4. The zero-order valence-electron chi connectivity index (χ0n) is 27.6. The minimum atomic E-state index is -2.56. The van der Waals surface area contributed by atoms with Gasteiger partial charge in [-0.05, 0) is 47.9 Å². The highest BCUT2D eigenvalue weighted by molar-refractivity contribution is 5.79. The van der Waals surface area contributed by atoms with Crippen molar-refractivity contribution < 1.29 is 69.6 Å². The van der Waals surface area contributed by atoms with E-state index in [2.05, 4.69) is 0 Å². The molecule has 0 saturated carbocycles. The second kappa shape index (κ2) is 10.4. The van der Waals surface area contributed by atoms with Crippen LogP contribution in [0.2, 0.25) is 0 Å². The van der Waals surface area contributed by atoms with Crippen LogP contribution in [0, 0.1) is 11.8 Å². The number of aliphatic hydroxyl groups excluding tert-OH is 2. The van der Waals surface area contributed by atoms with Gasteiger partial charge in [-0.1, -0.05) is 0 Å². The van der Waals surface area contributed by atoms with Gasteiger partial charge in [-0.3, -0.25) is 4.79 Å². The predicted molar refractivity (Wildman–Crippen MR) is 138 cm³/mol. The lowest BCUT2D eigenvalue weighted by molar-refractivity contribution is -0.364. The zero-order chi connectivity index (χ0) is 33.8. The Morgan fingerprint density at radius 3 is 2.36 bits per heavy atom. The Morgan fingerprint density at radius 2 is 1.67 bits per heavy atom. The average molecular weight is 594 g/mol. The number of phenolic OH excluding ortho intramolecular Hbond substituents is 1. The number of benzene rings is 2. The van der Waals surface area contributed by atoms with Crippen LogP contribution >= 0.6 is 0 Å². The number of esters is 1. The molecule has 0 amide bonds. The smallest absolute Gasteiger partial charge is 0.310 e. The summed E-state index contributed by atoms with van der Waals surface area (Å²) in [4.78, 5) is 13.5. The third kappa shape index (κ3) is 4.26. The van der Waals surface area contributed by atoms with E-state index in [1.807, 2.05) is 0 Å². The molecular formula is C29H32O13. The van der Waals surface area contributed by atoms with Crippen molar-refractivity contribution in [2.75, 3.05) is 34.1 Å². The minimum Gasteiger partial charge on any atom is -0.502 e. The number of carbonyl (C=O) groups excluding carboxylic acids is 1. The monoisotopic (exact) mass is 593 g/mol. The summed E-state index contributed by atoms with van der Waals surface area (Å²) in [6.07, 6.45) is -10.2. The Labute approximate surface area is 247 Å². The molecule has 0 unspecified atom stereocenters. The Morgan fingerprint density at radius 1 is 0.976 bits per heavy atom. The van der Waals surface area contributed by atoms with E-state index in [0.29, 0.717) is 0 Å². The summed E-state index contributed by atoms with van der Waals surface area (Å²) < 4.78 is 92.6. The third-order valence-electron chi connectivity index (χ3n) is 8.13. The fraction of sp³-hybridized carbons (Fsp3) is 0.552. The number of hydrogen-bond acceptors (Lipinski definition) is 13. The number of cyclic esters (lactones) is 1. The van der Waals surface area contributed by atoms with E-state index in [0.717, 1.165) is 0 Å². The van der Waals surface area contributed by atoms with Gasteiger partial charge in [0, 0.05) is 13.2 Å². The summed E-state index contributed by atoms with van der Waals surface area (Å²) in [5.74, 6) is -5.58. The Kier molecular flexibility index (Phi) is 5.53. The van der Waals surface area contributed by atoms with Gasteiger partial charge in [-0.2, -0.15) is 0 Å². The number of methoxy groups -OCH3 is 2. The van der Waals surface area contributed by atoms with Crippen LogP contribution < -0.4 is 18.9 Å². The number of aliphatic hydroxyl groups is 2. The second-order valence-corrected chi connectivity index (χ2v) is 10.5. The van der Waals surface area contributed by atoms with Gasteiger partial charge in [-0.25, -0.2) is 0 Å². The van der Waals surface area contributed by atoms with Gasteiger partial charge in [0.15, 0.2) is 35.6 Å². The predicted octanol–water partition coefficient (Wildman–Crippen LogP) is 1.34. The lowest BCUT2D eigenvalue weighted by Gasteiger charge is -2.47. The van der Waals surface area contributed by atoms with Crippen LogP contribution in [0.15, 0.2) is 24.3 Å². The molecule has 3 N–H and O–H groups in total. The van der Waals surface area contributed by atoms with Crippen molar-refractivity contribution in [2.24, 2.45) is 11.8 Å². The van der Waals surface area contributed by atoms with E-state index in [1.54, 1.807) is 0 Å². The summed E-state index contributed by atoms with van der Waals surface area (Å²) in [6.45, 7) is -3.82. The molecule has 0 radical (unpaired) electrons.